The van der Waals surface area contributed by atoms with Gasteiger partial charge in [0.25, 0.3) is 5.91 Å². The molecule has 1 amide bonds. The summed E-state index contributed by atoms with van der Waals surface area (Å²) < 4.78 is 6.68. The van der Waals surface area contributed by atoms with Gasteiger partial charge in [-0.3, -0.25) is 9.48 Å². The molecule has 7 heteroatoms. The smallest absolute Gasteiger partial charge is 0.253 e. The maximum absolute atomic E-state index is 12.3. The lowest BCUT2D eigenvalue weighted by Gasteiger charge is -2.22. The Morgan fingerprint density at radius 1 is 1.43 bits per heavy atom. The van der Waals surface area contributed by atoms with E-state index in [-0.39, 0.29) is 17.9 Å². The molecule has 0 aliphatic heterocycles. The number of hydrogen-bond donors (Lipinski definition) is 1. The Labute approximate surface area is 123 Å². The summed E-state index contributed by atoms with van der Waals surface area (Å²) in [5, 5.41) is 10.7. The van der Waals surface area contributed by atoms with Gasteiger partial charge in [-0.15, -0.1) is 5.10 Å². The van der Waals surface area contributed by atoms with E-state index in [1.165, 1.54) is 13.3 Å². The highest BCUT2D eigenvalue weighted by atomic mass is 16.5. The van der Waals surface area contributed by atoms with E-state index in [1.807, 2.05) is 13.8 Å². The number of amides is 1. The normalized spacial score (nSPS) is 12.2. The second kappa shape index (κ2) is 6.83. The molecule has 7 nitrogen and oxygen atoms in total. The van der Waals surface area contributed by atoms with Gasteiger partial charge in [-0.1, -0.05) is 19.1 Å². The summed E-state index contributed by atoms with van der Waals surface area (Å²) in [6.45, 7) is 4.68. The third-order valence-electron chi connectivity index (χ3n) is 3.18. The number of rotatable bonds is 6. The number of hydrogen-bond acceptors (Lipinski definition) is 5. The van der Waals surface area contributed by atoms with Gasteiger partial charge in [0.15, 0.2) is 0 Å². The quantitative estimate of drug-likeness (QED) is 0.862. The number of nitrogens with zero attached hydrogens (tertiary/aromatic N) is 4. The van der Waals surface area contributed by atoms with Crippen LogP contribution in [-0.2, 0) is 6.54 Å². The monoisotopic (exact) mass is 289 g/mol. The highest BCUT2D eigenvalue weighted by Gasteiger charge is 2.18. The van der Waals surface area contributed by atoms with E-state index in [1.54, 1.807) is 29.2 Å². The van der Waals surface area contributed by atoms with E-state index in [9.17, 15) is 4.79 Å². The van der Waals surface area contributed by atoms with Crippen LogP contribution in [0.1, 0.15) is 24.2 Å². The van der Waals surface area contributed by atoms with Gasteiger partial charge in [0.05, 0.1) is 31.5 Å². The van der Waals surface area contributed by atoms with Crippen molar-refractivity contribution in [1.29, 1.82) is 0 Å². The lowest BCUT2D eigenvalue weighted by atomic mass is 10.0. The van der Waals surface area contributed by atoms with Gasteiger partial charge in [0, 0.05) is 18.5 Å². The topological polar surface area (TPSA) is 81.9 Å². The molecule has 112 valence electrons. The molecular formula is C14H19N5O2. The maximum Gasteiger partial charge on any atom is 0.253 e. The van der Waals surface area contributed by atoms with E-state index < -0.39 is 0 Å². The molecule has 21 heavy (non-hydrogen) atoms. The van der Waals surface area contributed by atoms with Gasteiger partial charge in [0.1, 0.15) is 0 Å². The molecule has 0 aromatic carbocycles. The molecule has 2 heterocycles. The number of nitrogens with one attached hydrogen (secondary N) is 1. The Hall–Kier alpha value is -2.44. The highest BCUT2D eigenvalue weighted by molar-refractivity contribution is 5.94. The van der Waals surface area contributed by atoms with Crippen LogP contribution < -0.4 is 10.1 Å². The van der Waals surface area contributed by atoms with Crippen LogP contribution >= 0.6 is 0 Å². The van der Waals surface area contributed by atoms with Gasteiger partial charge in [0.2, 0.25) is 5.88 Å². The molecule has 0 bridgehead atoms. The van der Waals surface area contributed by atoms with Crippen molar-refractivity contribution in [3.8, 4) is 5.88 Å². The number of methoxy groups -OCH3 is 1. The molecule has 0 unspecified atom stereocenters. The van der Waals surface area contributed by atoms with Crippen molar-refractivity contribution in [2.45, 2.75) is 26.4 Å². The number of carbonyl (C=O) groups is 1. The molecule has 2 rings (SSSR count). The first-order valence-corrected chi connectivity index (χ1v) is 6.75. The second-order valence-corrected chi connectivity index (χ2v) is 5.04. The zero-order chi connectivity index (χ0) is 15.2. The van der Waals surface area contributed by atoms with E-state index >= 15 is 0 Å². The van der Waals surface area contributed by atoms with Crippen LogP contribution in [0.15, 0.2) is 30.7 Å². The van der Waals surface area contributed by atoms with Crippen LogP contribution in [0.4, 0.5) is 0 Å². The van der Waals surface area contributed by atoms with Gasteiger partial charge < -0.3 is 10.1 Å². The summed E-state index contributed by atoms with van der Waals surface area (Å²) in [7, 11) is 1.54. The molecule has 1 atom stereocenters. The van der Waals surface area contributed by atoms with Crippen molar-refractivity contribution in [1.82, 2.24) is 25.3 Å². The van der Waals surface area contributed by atoms with Gasteiger partial charge >= 0.3 is 0 Å². The van der Waals surface area contributed by atoms with Crippen LogP contribution in [0.2, 0.25) is 0 Å². The maximum atomic E-state index is 12.3. The van der Waals surface area contributed by atoms with Gasteiger partial charge in [-0.2, -0.15) is 0 Å². The SMILES string of the molecule is COc1ccc(C(=O)N[C@H](Cn2ccnn2)C(C)C)cn1. The molecule has 0 saturated carbocycles. The van der Waals surface area contributed by atoms with Gasteiger partial charge in [-0.25, -0.2) is 4.98 Å². The van der Waals surface area contributed by atoms with Crippen LogP contribution in [0, 0.1) is 5.92 Å². The van der Waals surface area contributed by atoms with Gasteiger partial charge in [-0.05, 0) is 12.0 Å². The molecular weight excluding hydrogens is 270 g/mol. The van der Waals surface area contributed by atoms with Crippen LogP contribution in [-0.4, -0.2) is 39.0 Å². The molecule has 0 fully saturated rings. The van der Waals surface area contributed by atoms with E-state index in [2.05, 4.69) is 20.6 Å². The first-order chi connectivity index (χ1) is 10.1. The zero-order valence-corrected chi connectivity index (χ0v) is 12.4. The average molecular weight is 289 g/mol. The number of carbonyl (C=O) groups excluding carboxylic acids is 1. The van der Waals surface area contributed by atoms with Crippen molar-refractivity contribution in [3.63, 3.8) is 0 Å². The minimum Gasteiger partial charge on any atom is -0.481 e. The fourth-order valence-electron chi connectivity index (χ4n) is 1.84. The van der Waals surface area contributed by atoms with Crippen molar-refractivity contribution >= 4 is 5.91 Å². The standard InChI is InChI=1S/C14H19N5O2/c1-10(2)12(9-19-7-6-16-18-19)17-14(20)11-4-5-13(21-3)15-8-11/h4-8,10,12H,9H2,1-3H3,(H,17,20)/t12-/m1/s1. The Morgan fingerprint density at radius 2 is 2.24 bits per heavy atom. The first kappa shape index (κ1) is 15.0. The summed E-state index contributed by atoms with van der Waals surface area (Å²) in [6, 6.07) is 3.31. The summed E-state index contributed by atoms with van der Waals surface area (Å²) in [5.74, 6) is 0.586. The molecule has 0 radical (unpaired) electrons. The van der Waals surface area contributed by atoms with Crippen molar-refractivity contribution in [3.05, 3.63) is 36.3 Å². The second-order valence-electron chi connectivity index (χ2n) is 5.04. The third-order valence-corrected chi connectivity index (χ3v) is 3.18. The number of ether oxygens (including phenoxy) is 1. The lowest BCUT2D eigenvalue weighted by molar-refractivity contribution is 0.0918. The molecule has 0 saturated heterocycles. The Morgan fingerprint density at radius 3 is 2.76 bits per heavy atom. The summed E-state index contributed by atoms with van der Waals surface area (Å²) in [4.78, 5) is 16.3. The largest absolute Gasteiger partial charge is 0.481 e. The minimum atomic E-state index is -0.163. The molecule has 0 spiro atoms. The molecule has 2 aromatic rings. The number of aromatic nitrogens is 4. The Balaban J connectivity index is 2.03. The third kappa shape index (κ3) is 4.01. The predicted octanol–water partition coefficient (Wildman–Crippen LogP) is 1.14. The van der Waals surface area contributed by atoms with Crippen LogP contribution in [0.3, 0.4) is 0 Å². The molecule has 1 N–H and O–H groups in total. The van der Waals surface area contributed by atoms with E-state index in [0.717, 1.165) is 0 Å². The Bertz CT molecular complexity index is 566. The summed E-state index contributed by atoms with van der Waals surface area (Å²) in [5.41, 5.74) is 0.500. The predicted molar refractivity (Wildman–Crippen MR) is 76.9 cm³/mol. The highest BCUT2D eigenvalue weighted by Crippen LogP contribution is 2.09. The lowest BCUT2D eigenvalue weighted by Crippen LogP contribution is -2.41. The average Bonchev–Trinajstić information content (AvgIpc) is 2.99. The van der Waals surface area contributed by atoms with Crippen molar-refractivity contribution in [2.75, 3.05) is 7.11 Å². The fourth-order valence-corrected chi connectivity index (χ4v) is 1.84. The van der Waals surface area contributed by atoms with Crippen LogP contribution in [0.5, 0.6) is 5.88 Å². The molecule has 0 aliphatic rings. The van der Waals surface area contributed by atoms with E-state index in [4.69, 9.17) is 4.74 Å². The summed E-state index contributed by atoms with van der Waals surface area (Å²) >= 11 is 0. The van der Waals surface area contributed by atoms with Crippen molar-refractivity contribution < 1.29 is 9.53 Å². The Kier molecular flexibility index (Phi) is 4.86. The fraction of sp³-hybridized carbons (Fsp3) is 0.429. The molecule has 2 aromatic heterocycles. The first-order valence-electron chi connectivity index (χ1n) is 6.75. The summed E-state index contributed by atoms with van der Waals surface area (Å²) in [6.07, 6.45) is 4.89. The van der Waals surface area contributed by atoms with Crippen LogP contribution in [0.25, 0.3) is 0 Å². The number of pyridine rings is 1. The minimum absolute atomic E-state index is 0.0405. The molecule has 0 aliphatic carbocycles. The van der Waals surface area contributed by atoms with E-state index in [0.29, 0.717) is 18.0 Å². The van der Waals surface area contributed by atoms with Crippen molar-refractivity contribution in [2.24, 2.45) is 5.92 Å². The zero-order valence-electron chi connectivity index (χ0n) is 12.4.